The third kappa shape index (κ3) is 6.87. The second kappa shape index (κ2) is 9.00. The predicted molar refractivity (Wildman–Crippen MR) is 92.7 cm³/mol. The fraction of sp³-hybridized carbons (Fsp3) is 1.00. The molecule has 1 unspecified atom stereocenters. The standard InChI is InChI=1S/C13H26N2O5S3/c16-22(17,11-4-13-3-1-2-8-20-13)14-5-12-23(18,19)15-6-9-21-10-7-15/h13-14H,1-12H2. The fourth-order valence-electron chi connectivity index (χ4n) is 2.67. The highest BCUT2D eigenvalue weighted by Crippen LogP contribution is 2.16. The first-order valence-corrected chi connectivity index (χ1v) is 12.5. The normalized spacial score (nSPS) is 24.6. The summed E-state index contributed by atoms with van der Waals surface area (Å²) in [5, 5.41) is 0. The topological polar surface area (TPSA) is 92.8 Å². The van der Waals surface area contributed by atoms with Crippen LogP contribution in [0.25, 0.3) is 0 Å². The third-order valence-corrected chi connectivity index (χ3v) is 8.26. The minimum absolute atomic E-state index is 0.00917. The number of hydrogen-bond acceptors (Lipinski definition) is 6. The van der Waals surface area contributed by atoms with Crippen LogP contribution in [0.3, 0.4) is 0 Å². The molecule has 1 N–H and O–H groups in total. The van der Waals surface area contributed by atoms with Crippen molar-refractivity contribution in [1.29, 1.82) is 0 Å². The number of thioether (sulfide) groups is 1. The Morgan fingerprint density at radius 3 is 2.48 bits per heavy atom. The molecule has 2 heterocycles. The van der Waals surface area contributed by atoms with Gasteiger partial charge in [0.25, 0.3) is 0 Å². The maximum Gasteiger partial charge on any atom is 0.215 e. The molecule has 1 atom stereocenters. The Morgan fingerprint density at radius 1 is 1.09 bits per heavy atom. The monoisotopic (exact) mass is 386 g/mol. The highest BCUT2D eigenvalue weighted by Gasteiger charge is 2.24. The van der Waals surface area contributed by atoms with Gasteiger partial charge >= 0.3 is 0 Å². The van der Waals surface area contributed by atoms with E-state index in [1.165, 1.54) is 4.31 Å². The van der Waals surface area contributed by atoms with Gasteiger partial charge in [0.05, 0.1) is 17.6 Å². The lowest BCUT2D eigenvalue weighted by atomic mass is 10.1. The largest absolute Gasteiger partial charge is 0.378 e. The Kier molecular flexibility index (Phi) is 7.61. The van der Waals surface area contributed by atoms with Crippen molar-refractivity contribution in [3.05, 3.63) is 0 Å². The van der Waals surface area contributed by atoms with Crippen LogP contribution in [0.4, 0.5) is 0 Å². The van der Waals surface area contributed by atoms with Gasteiger partial charge in [-0.25, -0.2) is 25.9 Å². The first-order chi connectivity index (χ1) is 10.9. The molecule has 0 aliphatic carbocycles. The number of nitrogens with zero attached hydrogens (tertiary/aromatic N) is 1. The van der Waals surface area contributed by atoms with Crippen molar-refractivity contribution in [3.63, 3.8) is 0 Å². The Hall–Kier alpha value is 0.130. The number of ether oxygens (including phenoxy) is 1. The zero-order valence-corrected chi connectivity index (χ0v) is 15.7. The second-order valence-corrected chi connectivity index (χ2v) is 11.1. The molecule has 2 aliphatic rings. The molecule has 0 bridgehead atoms. The van der Waals surface area contributed by atoms with Crippen LogP contribution < -0.4 is 4.72 Å². The average Bonchev–Trinajstić information content (AvgIpc) is 2.54. The van der Waals surface area contributed by atoms with E-state index in [4.69, 9.17) is 4.74 Å². The number of nitrogens with one attached hydrogen (secondary N) is 1. The first-order valence-electron chi connectivity index (χ1n) is 8.03. The van der Waals surface area contributed by atoms with Gasteiger partial charge in [-0.05, 0) is 25.7 Å². The summed E-state index contributed by atoms with van der Waals surface area (Å²) < 4.78 is 57.6. The number of sulfonamides is 2. The summed E-state index contributed by atoms with van der Waals surface area (Å²) in [7, 11) is -6.82. The molecule has 7 nitrogen and oxygen atoms in total. The number of hydrogen-bond donors (Lipinski definition) is 1. The van der Waals surface area contributed by atoms with Gasteiger partial charge in [-0.1, -0.05) is 0 Å². The van der Waals surface area contributed by atoms with Crippen molar-refractivity contribution in [1.82, 2.24) is 9.03 Å². The summed E-state index contributed by atoms with van der Waals surface area (Å²) in [6, 6.07) is 0. The molecule has 0 spiro atoms. The SMILES string of the molecule is O=S(=O)(CCC1CCCCO1)NCCS(=O)(=O)N1CCSCC1. The van der Waals surface area contributed by atoms with Crippen molar-refractivity contribution < 1.29 is 21.6 Å². The van der Waals surface area contributed by atoms with Gasteiger partial charge in [-0.2, -0.15) is 11.8 Å². The van der Waals surface area contributed by atoms with E-state index < -0.39 is 20.0 Å². The van der Waals surface area contributed by atoms with Gasteiger partial charge in [-0.15, -0.1) is 0 Å². The van der Waals surface area contributed by atoms with Gasteiger partial charge in [0.15, 0.2) is 0 Å². The third-order valence-electron chi connectivity index (χ3n) is 4.03. The lowest BCUT2D eigenvalue weighted by Crippen LogP contribution is -2.42. The summed E-state index contributed by atoms with van der Waals surface area (Å²) in [6.45, 7) is 1.65. The van der Waals surface area contributed by atoms with Gasteiger partial charge in [0, 0.05) is 37.7 Å². The van der Waals surface area contributed by atoms with Crippen LogP contribution in [0.1, 0.15) is 25.7 Å². The average molecular weight is 387 g/mol. The van der Waals surface area contributed by atoms with Crippen LogP contribution in [0.5, 0.6) is 0 Å². The zero-order chi connectivity index (χ0) is 16.8. The highest BCUT2D eigenvalue weighted by atomic mass is 32.2. The smallest absolute Gasteiger partial charge is 0.215 e. The quantitative estimate of drug-likeness (QED) is 0.643. The van der Waals surface area contributed by atoms with E-state index in [-0.39, 0.29) is 24.2 Å². The molecule has 2 fully saturated rings. The van der Waals surface area contributed by atoms with Crippen LogP contribution in [0, 0.1) is 0 Å². The Balaban J connectivity index is 1.70. The molecule has 0 aromatic rings. The maximum absolute atomic E-state index is 12.1. The molecule has 10 heteroatoms. The predicted octanol–water partition coefficient (Wildman–Crippen LogP) is 0.244. The molecule has 2 rings (SSSR count). The van der Waals surface area contributed by atoms with Gasteiger partial charge in [0.2, 0.25) is 20.0 Å². The van der Waals surface area contributed by atoms with E-state index in [0.29, 0.717) is 26.1 Å². The van der Waals surface area contributed by atoms with E-state index in [9.17, 15) is 16.8 Å². The summed E-state index contributed by atoms with van der Waals surface area (Å²) in [6.07, 6.45) is 3.48. The Labute approximate surface area is 143 Å². The van der Waals surface area contributed by atoms with Crippen LogP contribution in [0.15, 0.2) is 0 Å². The van der Waals surface area contributed by atoms with Crippen LogP contribution in [-0.2, 0) is 24.8 Å². The van der Waals surface area contributed by atoms with E-state index in [1.807, 2.05) is 0 Å². The summed E-state index contributed by atoms with van der Waals surface area (Å²) in [4.78, 5) is 0. The molecule has 136 valence electrons. The van der Waals surface area contributed by atoms with Crippen LogP contribution >= 0.6 is 11.8 Å². The molecule has 0 aromatic carbocycles. The lowest BCUT2D eigenvalue weighted by molar-refractivity contribution is 0.0147. The molecule has 23 heavy (non-hydrogen) atoms. The second-order valence-electron chi connectivity index (χ2n) is 5.82. The molecular weight excluding hydrogens is 360 g/mol. The molecule has 0 aromatic heterocycles. The van der Waals surface area contributed by atoms with Gasteiger partial charge < -0.3 is 4.74 Å². The number of rotatable bonds is 8. The Bertz CT molecular complexity index is 552. The first kappa shape index (κ1) is 19.5. The molecule has 0 amide bonds. The van der Waals surface area contributed by atoms with Crippen molar-refractivity contribution in [2.45, 2.75) is 31.8 Å². The van der Waals surface area contributed by atoms with Crippen LogP contribution in [-0.4, -0.2) is 76.5 Å². The maximum atomic E-state index is 12.1. The van der Waals surface area contributed by atoms with Crippen LogP contribution in [0.2, 0.25) is 0 Å². The van der Waals surface area contributed by atoms with Crippen molar-refractivity contribution in [3.8, 4) is 0 Å². The molecule has 2 saturated heterocycles. The summed E-state index contributed by atoms with van der Waals surface area (Å²) >= 11 is 1.73. The molecular formula is C13H26N2O5S3. The summed E-state index contributed by atoms with van der Waals surface area (Å²) in [5.74, 6) is 1.40. The Morgan fingerprint density at radius 2 is 1.83 bits per heavy atom. The van der Waals surface area contributed by atoms with Crippen molar-refractivity contribution >= 4 is 31.8 Å². The minimum atomic E-state index is -3.45. The molecule has 0 saturated carbocycles. The van der Waals surface area contributed by atoms with E-state index in [0.717, 1.165) is 30.8 Å². The van der Waals surface area contributed by atoms with Crippen molar-refractivity contribution in [2.24, 2.45) is 0 Å². The van der Waals surface area contributed by atoms with E-state index in [1.54, 1.807) is 11.8 Å². The molecule has 2 aliphatic heterocycles. The lowest BCUT2D eigenvalue weighted by Gasteiger charge is -2.25. The van der Waals surface area contributed by atoms with Gasteiger partial charge in [-0.3, -0.25) is 0 Å². The highest BCUT2D eigenvalue weighted by molar-refractivity contribution is 7.99. The van der Waals surface area contributed by atoms with Gasteiger partial charge in [0.1, 0.15) is 0 Å². The van der Waals surface area contributed by atoms with Crippen molar-refractivity contribution in [2.75, 3.05) is 49.3 Å². The molecule has 0 radical (unpaired) electrons. The van der Waals surface area contributed by atoms with E-state index >= 15 is 0 Å². The van der Waals surface area contributed by atoms with E-state index in [2.05, 4.69) is 4.72 Å². The summed E-state index contributed by atoms with van der Waals surface area (Å²) in [5.41, 5.74) is 0. The minimum Gasteiger partial charge on any atom is -0.378 e. The zero-order valence-electron chi connectivity index (χ0n) is 13.3. The fourth-order valence-corrected chi connectivity index (χ4v) is 6.43.